The molecule has 0 unspecified atom stereocenters. The number of nitrogens with two attached hydrogens (primary N) is 1. The Balaban J connectivity index is 2.07. The van der Waals surface area contributed by atoms with Crippen molar-refractivity contribution in [3.63, 3.8) is 0 Å². The van der Waals surface area contributed by atoms with Gasteiger partial charge in [-0.1, -0.05) is 12.2 Å². The normalized spacial score (nSPS) is 17.9. The Morgan fingerprint density at radius 2 is 2.27 bits per heavy atom. The molecule has 3 nitrogen and oxygen atoms in total. The van der Waals surface area contributed by atoms with Gasteiger partial charge in [0.15, 0.2) is 0 Å². The van der Waals surface area contributed by atoms with E-state index in [2.05, 4.69) is 17.2 Å². The minimum atomic E-state index is 0.256. The van der Waals surface area contributed by atoms with Crippen LogP contribution in [0, 0.1) is 0 Å². The molecule has 1 heterocycles. The van der Waals surface area contributed by atoms with Crippen LogP contribution in [0.4, 0.5) is 5.69 Å². The van der Waals surface area contributed by atoms with Gasteiger partial charge in [-0.2, -0.15) is 0 Å². The van der Waals surface area contributed by atoms with Gasteiger partial charge in [0.2, 0.25) is 0 Å². The molecule has 1 aliphatic carbocycles. The molecule has 0 aromatic carbocycles. The van der Waals surface area contributed by atoms with Gasteiger partial charge in [-0.3, -0.25) is 4.98 Å². The fourth-order valence-corrected chi connectivity index (χ4v) is 1.91. The molecular weight excluding hydrogens is 206 g/mol. The highest BCUT2D eigenvalue weighted by Crippen LogP contribution is 2.34. The second-order valence-electron chi connectivity index (χ2n) is 4.34. The van der Waals surface area contributed by atoms with Gasteiger partial charge < -0.3 is 11.1 Å². The molecule has 2 rings (SSSR count). The number of nitrogens with zero attached hydrogens (tertiary/aromatic N) is 1. The van der Waals surface area contributed by atoms with E-state index in [1.165, 1.54) is 19.3 Å². The van der Waals surface area contributed by atoms with E-state index in [-0.39, 0.29) is 5.54 Å². The van der Waals surface area contributed by atoms with E-state index in [1.54, 1.807) is 6.20 Å². The van der Waals surface area contributed by atoms with Crippen LogP contribution in [0.2, 0.25) is 0 Å². The van der Waals surface area contributed by atoms with Crippen LogP contribution in [0.15, 0.2) is 18.3 Å². The lowest BCUT2D eigenvalue weighted by Gasteiger charge is -2.40. The zero-order valence-corrected chi connectivity index (χ0v) is 9.60. The van der Waals surface area contributed by atoms with Crippen molar-refractivity contribution in [1.29, 1.82) is 0 Å². The topological polar surface area (TPSA) is 50.9 Å². The van der Waals surface area contributed by atoms with Gasteiger partial charge in [-0.05, 0) is 38.3 Å². The van der Waals surface area contributed by atoms with Crippen molar-refractivity contribution in [2.24, 2.45) is 5.73 Å². The molecule has 4 heteroatoms. The summed E-state index contributed by atoms with van der Waals surface area (Å²) < 4.78 is 0. The number of hydrogen-bond acceptors (Lipinski definition) is 3. The summed E-state index contributed by atoms with van der Waals surface area (Å²) in [5.41, 5.74) is 7.45. The summed E-state index contributed by atoms with van der Waals surface area (Å²) in [5.74, 6) is 0. The van der Waals surface area contributed by atoms with Crippen LogP contribution < -0.4 is 11.1 Å². The minimum absolute atomic E-state index is 0.256. The van der Waals surface area contributed by atoms with Gasteiger partial charge in [-0.25, -0.2) is 0 Å². The van der Waals surface area contributed by atoms with E-state index in [4.69, 9.17) is 18.0 Å². The molecule has 15 heavy (non-hydrogen) atoms. The number of hydrogen-bond donors (Lipinski definition) is 2. The van der Waals surface area contributed by atoms with E-state index >= 15 is 0 Å². The maximum absolute atomic E-state index is 5.48. The van der Waals surface area contributed by atoms with E-state index in [9.17, 15) is 0 Å². The predicted molar refractivity (Wildman–Crippen MR) is 66.0 cm³/mol. The van der Waals surface area contributed by atoms with Gasteiger partial charge in [0, 0.05) is 5.54 Å². The molecule has 0 atom stereocenters. The highest BCUT2D eigenvalue weighted by molar-refractivity contribution is 7.80. The first kappa shape index (κ1) is 10.4. The number of thiocarbonyl (C=S) groups is 1. The van der Waals surface area contributed by atoms with Crippen molar-refractivity contribution in [1.82, 2.24) is 4.98 Å². The molecule has 3 N–H and O–H groups in total. The summed E-state index contributed by atoms with van der Waals surface area (Å²) >= 11 is 4.84. The van der Waals surface area contributed by atoms with Crippen molar-refractivity contribution in [2.45, 2.75) is 31.7 Å². The highest BCUT2D eigenvalue weighted by Gasteiger charge is 2.31. The molecule has 1 aliphatic rings. The fraction of sp³-hybridized carbons (Fsp3) is 0.455. The molecule has 1 aromatic heterocycles. The quantitative estimate of drug-likeness (QED) is 0.767. The summed E-state index contributed by atoms with van der Waals surface area (Å²) in [6, 6.07) is 3.83. The van der Waals surface area contributed by atoms with Crippen molar-refractivity contribution in [3.05, 3.63) is 24.0 Å². The average molecular weight is 221 g/mol. The van der Waals surface area contributed by atoms with Crippen LogP contribution in [0.25, 0.3) is 0 Å². The van der Waals surface area contributed by atoms with Gasteiger partial charge in [-0.15, -0.1) is 0 Å². The number of anilines is 1. The first-order valence-corrected chi connectivity index (χ1v) is 5.54. The Bertz CT molecular complexity index is 368. The molecule has 1 aromatic rings. The van der Waals surface area contributed by atoms with Crippen LogP contribution in [0.3, 0.4) is 0 Å². The van der Waals surface area contributed by atoms with Crippen LogP contribution in [-0.2, 0) is 0 Å². The molecule has 0 amide bonds. The molecule has 0 bridgehead atoms. The van der Waals surface area contributed by atoms with Crippen molar-refractivity contribution < 1.29 is 0 Å². The minimum Gasteiger partial charge on any atom is -0.388 e. The fourth-order valence-electron chi connectivity index (χ4n) is 1.79. The largest absolute Gasteiger partial charge is 0.388 e. The third-order valence-electron chi connectivity index (χ3n) is 2.92. The zero-order chi connectivity index (χ0) is 10.9. The smallest absolute Gasteiger partial charge is 0.122 e. The standard InChI is InChI=1S/C11H15N3S/c1-11(5-2-6-11)14-8-3-4-9(10(12)15)13-7-8/h3-4,7,14H,2,5-6H2,1H3,(H2,12,15). The van der Waals surface area contributed by atoms with Gasteiger partial charge >= 0.3 is 0 Å². The predicted octanol–water partition coefficient (Wildman–Crippen LogP) is 2.07. The van der Waals surface area contributed by atoms with Gasteiger partial charge in [0.1, 0.15) is 4.99 Å². The van der Waals surface area contributed by atoms with Crippen molar-refractivity contribution >= 4 is 22.9 Å². The Kier molecular flexibility index (Phi) is 2.61. The monoisotopic (exact) mass is 221 g/mol. The first-order valence-electron chi connectivity index (χ1n) is 5.13. The van der Waals surface area contributed by atoms with Crippen LogP contribution in [0.1, 0.15) is 31.9 Å². The lowest BCUT2D eigenvalue weighted by atomic mass is 9.78. The SMILES string of the molecule is CC1(Nc2ccc(C(N)=S)nc2)CCC1. The molecule has 1 fully saturated rings. The molecular formula is C11H15N3S. The van der Waals surface area contributed by atoms with E-state index in [0.717, 1.165) is 5.69 Å². The van der Waals surface area contributed by atoms with Crippen molar-refractivity contribution in [3.8, 4) is 0 Å². The average Bonchev–Trinajstić information content (AvgIpc) is 2.16. The Labute approximate surface area is 95.1 Å². The summed E-state index contributed by atoms with van der Waals surface area (Å²) in [4.78, 5) is 4.54. The molecule has 80 valence electrons. The Morgan fingerprint density at radius 1 is 1.53 bits per heavy atom. The van der Waals surface area contributed by atoms with E-state index in [0.29, 0.717) is 10.7 Å². The maximum Gasteiger partial charge on any atom is 0.122 e. The van der Waals surface area contributed by atoms with Crippen LogP contribution >= 0.6 is 12.2 Å². The summed E-state index contributed by atoms with van der Waals surface area (Å²) in [7, 11) is 0. The third-order valence-corrected chi connectivity index (χ3v) is 3.13. The second-order valence-corrected chi connectivity index (χ2v) is 4.78. The highest BCUT2D eigenvalue weighted by atomic mass is 32.1. The Morgan fingerprint density at radius 3 is 2.67 bits per heavy atom. The third kappa shape index (κ3) is 2.26. The molecule has 1 saturated carbocycles. The summed E-state index contributed by atoms with van der Waals surface area (Å²) in [5, 5.41) is 3.47. The van der Waals surface area contributed by atoms with Gasteiger partial charge in [0.25, 0.3) is 0 Å². The number of pyridine rings is 1. The maximum atomic E-state index is 5.48. The molecule has 0 radical (unpaired) electrons. The number of rotatable bonds is 3. The zero-order valence-electron chi connectivity index (χ0n) is 8.79. The number of nitrogens with one attached hydrogen (secondary N) is 1. The first-order chi connectivity index (χ1) is 7.09. The summed E-state index contributed by atoms with van der Waals surface area (Å²) in [6.45, 7) is 2.23. The van der Waals surface area contributed by atoms with E-state index < -0.39 is 0 Å². The van der Waals surface area contributed by atoms with Crippen LogP contribution in [0.5, 0.6) is 0 Å². The second kappa shape index (κ2) is 3.77. The Hall–Kier alpha value is -1.16. The van der Waals surface area contributed by atoms with Crippen LogP contribution in [-0.4, -0.2) is 15.5 Å². The molecule has 0 aliphatic heterocycles. The molecule has 0 spiro atoms. The lowest BCUT2D eigenvalue weighted by molar-refractivity contribution is 0.306. The van der Waals surface area contributed by atoms with E-state index in [1.807, 2.05) is 12.1 Å². The lowest BCUT2D eigenvalue weighted by Crippen LogP contribution is -2.41. The summed E-state index contributed by atoms with van der Waals surface area (Å²) in [6.07, 6.45) is 5.55. The van der Waals surface area contributed by atoms with Gasteiger partial charge in [0.05, 0.1) is 17.6 Å². The number of aromatic nitrogens is 1. The molecule has 0 saturated heterocycles. The van der Waals surface area contributed by atoms with Crippen molar-refractivity contribution in [2.75, 3.05) is 5.32 Å².